The number of nitrogens with one attached hydrogen (secondary N) is 1. The molecule has 0 aliphatic heterocycles. The first kappa shape index (κ1) is 12.1. The van der Waals surface area contributed by atoms with Crippen LogP contribution in [0.4, 0.5) is 10.5 Å². The number of carbonyl (C=O) groups is 1. The van der Waals surface area contributed by atoms with Gasteiger partial charge in [-0.2, -0.15) is 0 Å². The van der Waals surface area contributed by atoms with Gasteiger partial charge in [0.25, 0.3) is 0 Å². The highest BCUT2D eigenvalue weighted by molar-refractivity contribution is 7.97. The van der Waals surface area contributed by atoms with Gasteiger partial charge in [0.1, 0.15) is 5.15 Å². The number of hydrogen-bond acceptors (Lipinski definition) is 3. The van der Waals surface area contributed by atoms with Gasteiger partial charge in [0.2, 0.25) is 0 Å². The molecular formula is C9H12ClN3OS. The summed E-state index contributed by atoms with van der Waals surface area (Å²) in [7, 11) is 1.68. The quantitative estimate of drug-likeness (QED) is 0.658. The fourth-order valence-electron chi connectivity index (χ4n) is 0.886. The zero-order chi connectivity index (χ0) is 11.3. The molecule has 1 heterocycles. The third-order valence-electron chi connectivity index (χ3n) is 1.71. The smallest absolute Gasteiger partial charge is 0.295 e. The van der Waals surface area contributed by atoms with Crippen molar-refractivity contribution in [2.24, 2.45) is 0 Å². The molecule has 1 aromatic rings. The fraction of sp³-hybridized carbons (Fsp3) is 0.333. The van der Waals surface area contributed by atoms with Crippen molar-refractivity contribution in [1.29, 1.82) is 0 Å². The molecule has 1 aromatic heterocycles. The SMILES string of the molecule is CCSNC(=O)N(C)c1ccc(Cl)nc1. The highest BCUT2D eigenvalue weighted by Crippen LogP contribution is 2.14. The zero-order valence-corrected chi connectivity index (χ0v) is 10.1. The van der Waals surface area contributed by atoms with Crippen LogP contribution in [-0.2, 0) is 0 Å². The van der Waals surface area contributed by atoms with E-state index in [-0.39, 0.29) is 6.03 Å². The predicted molar refractivity (Wildman–Crippen MR) is 64.3 cm³/mol. The second-order valence-corrected chi connectivity index (χ2v) is 4.20. The van der Waals surface area contributed by atoms with Crippen LogP contribution in [0, 0.1) is 0 Å². The van der Waals surface area contributed by atoms with Gasteiger partial charge in [-0.15, -0.1) is 0 Å². The molecule has 0 bridgehead atoms. The molecule has 0 unspecified atom stereocenters. The van der Waals surface area contributed by atoms with Crippen molar-refractivity contribution in [2.45, 2.75) is 6.92 Å². The summed E-state index contributed by atoms with van der Waals surface area (Å²) >= 11 is 7.00. The molecule has 0 atom stereocenters. The molecule has 0 fully saturated rings. The lowest BCUT2D eigenvalue weighted by atomic mass is 10.4. The minimum atomic E-state index is -0.175. The minimum absolute atomic E-state index is 0.175. The molecule has 1 N–H and O–H groups in total. The van der Waals surface area contributed by atoms with Crippen molar-refractivity contribution < 1.29 is 4.79 Å². The Morgan fingerprint density at radius 1 is 1.67 bits per heavy atom. The van der Waals surface area contributed by atoms with E-state index < -0.39 is 0 Å². The van der Waals surface area contributed by atoms with E-state index in [2.05, 4.69) is 9.71 Å². The van der Waals surface area contributed by atoms with Crippen LogP contribution in [0.3, 0.4) is 0 Å². The molecule has 0 aliphatic rings. The normalized spacial score (nSPS) is 9.80. The molecule has 0 spiro atoms. The monoisotopic (exact) mass is 245 g/mol. The van der Waals surface area contributed by atoms with Crippen LogP contribution in [0.5, 0.6) is 0 Å². The molecule has 0 saturated carbocycles. The third kappa shape index (κ3) is 3.60. The summed E-state index contributed by atoms with van der Waals surface area (Å²) in [6.45, 7) is 1.97. The van der Waals surface area contributed by atoms with Crippen LogP contribution in [-0.4, -0.2) is 23.8 Å². The number of rotatable bonds is 3. The van der Waals surface area contributed by atoms with Crippen molar-refractivity contribution in [3.63, 3.8) is 0 Å². The summed E-state index contributed by atoms with van der Waals surface area (Å²) in [6.07, 6.45) is 1.55. The number of nitrogens with zero attached hydrogens (tertiary/aromatic N) is 2. The van der Waals surface area contributed by atoms with Crippen molar-refractivity contribution in [3.8, 4) is 0 Å². The van der Waals surface area contributed by atoms with Gasteiger partial charge in [0.05, 0.1) is 11.9 Å². The number of pyridine rings is 1. The Morgan fingerprint density at radius 2 is 2.40 bits per heavy atom. The lowest BCUT2D eigenvalue weighted by Gasteiger charge is -2.16. The summed E-state index contributed by atoms with van der Waals surface area (Å²) in [4.78, 5) is 16.9. The second-order valence-electron chi connectivity index (χ2n) is 2.74. The highest BCUT2D eigenvalue weighted by atomic mass is 35.5. The van der Waals surface area contributed by atoms with Gasteiger partial charge in [-0.3, -0.25) is 9.62 Å². The average Bonchev–Trinajstić information content (AvgIpc) is 2.26. The van der Waals surface area contributed by atoms with E-state index in [0.29, 0.717) is 10.8 Å². The van der Waals surface area contributed by atoms with Crippen LogP contribution in [0.2, 0.25) is 5.15 Å². The molecule has 0 aromatic carbocycles. The van der Waals surface area contributed by atoms with E-state index in [4.69, 9.17) is 11.6 Å². The molecule has 82 valence electrons. The lowest BCUT2D eigenvalue weighted by molar-refractivity contribution is 0.253. The van der Waals surface area contributed by atoms with E-state index in [1.54, 1.807) is 25.4 Å². The summed E-state index contributed by atoms with van der Waals surface area (Å²) in [5, 5.41) is 0.412. The van der Waals surface area contributed by atoms with Gasteiger partial charge in [-0.1, -0.05) is 18.5 Å². The van der Waals surface area contributed by atoms with E-state index in [1.807, 2.05) is 6.92 Å². The van der Waals surface area contributed by atoms with E-state index >= 15 is 0 Å². The average molecular weight is 246 g/mol. The maximum Gasteiger partial charge on any atom is 0.331 e. The van der Waals surface area contributed by atoms with Crippen molar-refractivity contribution in [1.82, 2.24) is 9.71 Å². The lowest BCUT2D eigenvalue weighted by Crippen LogP contribution is -2.33. The first-order valence-electron chi connectivity index (χ1n) is 4.42. The van der Waals surface area contributed by atoms with E-state index in [9.17, 15) is 4.79 Å². The van der Waals surface area contributed by atoms with Crippen LogP contribution < -0.4 is 9.62 Å². The minimum Gasteiger partial charge on any atom is -0.295 e. The third-order valence-corrected chi connectivity index (χ3v) is 2.54. The summed E-state index contributed by atoms with van der Waals surface area (Å²) in [5.74, 6) is 0.832. The number of amides is 2. The van der Waals surface area contributed by atoms with Gasteiger partial charge in [-0.25, -0.2) is 9.78 Å². The first-order valence-corrected chi connectivity index (χ1v) is 5.78. The molecule has 0 saturated heterocycles. The number of urea groups is 1. The number of halogens is 1. The standard InChI is InChI=1S/C9H12ClN3OS/c1-3-15-12-9(14)13(2)7-4-5-8(10)11-6-7/h4-6H,3H2,1-2H3,(H,12,14). The van der Waals surface area contributed by atoms with Crippen molar-refractivity contribution >= 4 is 35.3 Å². The molecule has 15 heavy (non-hydrogen) atoms. The zero-order valence-electron chi connectivity index (χ0n) is 8.53. The van der Waals surface area contributed by atoms with E-state index in [0.717, 1.165) is 5.75 Å². The summed E-state index contributed by atoms with van der Waals surface area (Å²) < 4.78 is 2.69. The Hall–Kier alpha value is -0.940. The predicted octanol–water partition coefficient (Wildman–Crippen LogP) is 2.55. The fourth-order valence-corrected chi connectivity index (χ4v) is 1.40. The molecular weight excluding hydrogens is 234 g/mol. The highest BCUT2D eigenvalue weighted by Gasteiger charge is 2.09. The van der Waals surface area contributed by atoms with Crippen LogP contribution in [0.25, 0.3) is 0 Å². The summed E-state index contributed by atoms with van der Waals surface area (Å²) in [5.41, 5.74) is 0.702. The van der Waals surface area contributed by atoms with Crippen LogP contribution in [0.1, 0.15) is 6.92 Å². The van der Waals surface area contributed by atoms with Gasteiger partial charge < -0.3 is 0 Å². The van der Waals surface area contributed by atoms with Crippen molar-refractivity contribution in [2.75, 3.05) is 17.7 Å². The van der Waals surface area contributed by atoms with Gasteiger partial charge in [0.15, 0.2) is 0 Å². The Bertz CT molecular complexity index is 331. The van der Waals surface area contributed by atoms with Crippen molar-refractivity contribution in [3.05, 3.63) is 23.5 Å². The Kier molecular flexibility index (Phi) is 4.71. The molecule has 1 rings (SSSR count). The molecule has 4 nitrogen and oxygen atoms in total. The number of carbonyl (C=O) groups excluding carboxylic acids is 1. The topological polar surface area (TPSA) is 45.2 Å². The maximum absolute atomic E-state index is 11.5. The van der Waals surface area contributed by atoms with Gasteiger partial charge >= 0.3 is 6.03 Å². The van der Waals surface area contributed by atoms with E-state index in [1.165, 1.54) is 16.8 Å². The molecule has 2 amide bonds. The van der Waals surface area contributed by atoms with Gasteiger partial charge in [-0.05, 0) is 24.1 Å². The Balaban J connectivity index is 2.63. The number of anilines is 1. The number of hydrogen-bond donors (Lipinski definition) is 1. The number of aromatic nitrogens is 1. The molecule has 6 heteroatoms. The Labute approximate surface area is 98.1 Å². The second kappa shape index (κ2) is 5.82. The van der Waals surface area contributed by atoms with Crippen LogP contribution >= 0.6 is 23.5 Å². The maximum atomic E-state index is 11.5. The largest absolute Gasteiger partial charge is 0.331 e. The van der Waals surface area contributed by atoms with Gasteiger partial charge in [0, 0.05) is 12.8 Å². The molecule has 0 aliphatic carbocycles. The first-order chi connectivity index (χ1) is 7.15. The summed E-state index contributed by atoms with van der Waals surface area (Å²) in [6, 6.07) is 3.21. The molecule has 0 radical (unpaired) electrons. The Morgan fingerprint density at radius 3 is 2.93 bits per heavy atom. The van der Waals surface area contributed by atoms with Crippen LogP contribution in [0.15, 0.2) is 18.3 Å².